The van der Waals surface area contributed by atoms with Crippen molar-refractivity contribution in [2.75, 3.05) is 20.7 Å². The maximum atomic E-state index is 13.8. The number of aromatic nitrogens is 2. The summed E-state index contributed by atoms with van der Waals surface area (Å²) in [6, 6.07) is 12.9. The molecule has 1 heterocycles. The lowest BCUT2D eigenvalue weighted by Crippen LogP contribution is -2.34. The van der Waals surface area contributed by atoms with Gasteiger partial charge >= 0.3 is 0 Å². The Morgan fingerprint density at radius 2 is 1.87 bits per heavy atom. The molecule has 0 aliphatic heterocycles. The fourth-order valence-electron chi connectivity index (χ4n) is 4.38. The molecule has 0 N–H and O–H groups in total. The third kappa shape index (κ3) is 5.10. The third-order valence-corrected chi connectivity index (χ3v) is 6.44. The second kappa shape index (κ2) is 9.84. The number of hydrogen-bond donors (Lipinski definition) is 0. The van der Waals surface area contributed by atoms with Crippen LogP contribution in [0.5, 0.6) is 5.75 Å². The van der Waals surface area contributed by atoms with Crippen LogP contribution in [-0.4, -0.2) is 41.2 Å². The number of imidazole rings is 1. The number of hydrogen-bond acceptors (Lipinski definition) is 3. The zero-order valence-corrected chi connectivity index (χ0v) is 18.9. The molecule has 4 rings (SSSR count). The predicted octanol–water partition coefficient (Wildman–Crippen LogP) is 6.15. The highest BCUT2D eigenvalue weighted by Crippen LogP contribution is 2.32. The van der Waals surface area contributed by atoms with Crippen LogP contribution < -0.4 is 4.74 Å². The number of methoxy groups -OCH3 is 1. The molecular formula is C25H29ClFN3O. The fourth-order valence-corrected chi connectivity index (χ4v) is 4.51. The maximum absolute atomic E-state index is 13.8. The van der Waals surface area contributed by atoms with E-state index in [-0.39, 0.29) is 5.82 Å². The number of nitrogens with zero attached hydrogens (tertiary/aromatic N) is 3. The van der Waals surface area contributed by atoms with Crippen molar-refractivity contribution < 1.29 is 9.13 Å². The van der Waals surface area contributed by atoms with Gasteiger partial charge in [-0.15, -0.1) is 0 Å². The van der Waals surface area contributed by atoms with E-state index in [0.717, 1.165) is 35.7 Å². The Morgan fingerprint density at radius 1 is 1.13 bits per heavy atom. The monoisotopic (exact) mass is 441 g/mol. The van der Waals surface area contributed by atoms with Crippen LogP contribution in [0.3, 0.4) is 0 Å². The van der Waals surface area contributed by atoms with Crippen molar-refractivity contribution in [1.29, 1.82) is 0 Å². The zero-order chi connectivity index (χ0) is 21.8. The number of benzene rings is 2. The summed E-state index contributed by atoms with van der Waals surface area (Å²) in [6.07, 6.45) is 9.50. The number of rotatable bonds is 7. The molecule has 164 valence electrons. The van der Waals surface area contributed by atoms with Crippen molar-refractivity contribution in [3.63, 3.8) is 0 Å². The number of ether oxygens (including phenoxy) is 1. The van der Waals surface area contributed by atoms with Crippen molar-refractivity contribution in [1.82, 2.24) is 14.5 Å². The van der Waals surface area contributed by atoms with Gasteiger partial charge in [-0.3, -0.25) is 4.57 Å². The van der Waals surface area contributed by atoms with Crippen LogP contribution in [0.25, 0.3) is 17.1 Å². The molecule has 1 saturated carbocycles. The molecular weight excluding hydrogens is 413 g/mol. The summed E-state index contributed by atoms with van der Waals surface area (Å²) in [5.41, 5.74) is 2.70. The quantitative estimate of drug-likeness (QED) is 0.440. The minimum absolute atomic E-state index is 0.334. The first-order valence-corrected chi connectivity index (χ1v) is 11.3. The summed E-state index contributed by atoms with van der Waals surface area (Å²) in [4.78, 5) is 7.41. The smallest absolute Gasteiger partial charge is 0.148 e. The summed E-state index contributed by atoms with van der Waals surface area (Å²) in [5.74, 6) is 0.862. The molecule has 2 aromatic carbocycles. The average molecular weight is 442 g/mol. The van der Waals surface area contributed by atoms with Gasteiger partial charge in [-0.25, -0.2) is 9.37 Å². The van der Waals surface area contributed by atoms with E-state index in [0.29, 0.717) is 16.8 Å². The Balaban J connectivity index is 1.65. The van der Waals surface area contributed by atoms with Gasteiger partial charge in [0.2, 0.25) is 0 Å². The van der Waals surface area contributed by atoms with E-state index in [9.17, 15) is 4.39 Å². The summed E-state index contributed by atoms with van der Waals surface area (Å²) >= 11 is 6.09. The lowest BCUT2D eigenvalue weighted by molar-refractivity contribution is 0.193. The molecule has 0 spiro atoms. The van der Waals surface area contributed by atoms with Gasteiger partial charge in [-0.05, 0) is 56.3 Å². The molecule has 4 nitrogen and oxygen atoms in total. The van der Waals surface area contributed by atoms with Gasteiger partial charge in [0.05, 0.1) is 18.4 Å². The van der Waals surface area contributed by atoms with Crippen molar-refractivity contribution in [3.05, 3.63) is 65.2 Å². The van der Waals surface area contributed by atoms with E-state index in [1.165, 1.54) is 44.2 Å². The Labute approximate surface area is 188 Å². The van der Waals surface area contributed by atoms with Crippen molar-refractivity contribution in [3.8, 4) is 22.8 Å². The molecule has 1 aliphatic rings. The molecule has 31 heavy (non-hydrogen) atoms. The van der Waals surface area contributed by atoms with Crippen LogP contribution >= 0.6 is 11.6 Å². The highest BCUT2D eigenvalue weighted by Gasteiger charge is 2.20. The van der Waals surface area contributed by atoms with E-state index in [4.69, 9.17) is 21.3 Å². The van der Waals surface area contributed by atoms with E-state index < -0.39 is 0 Å². The molecule has 0 bridgehead atoms. The van der Waals surface area contributed by atoms with Crippen molar-refractivity contribution in [2.24, 2.45) is 0 Å². The first-order chi connectivity index (χ1) is 15.0. The molecule has 0 atom stereocenters. The molecule has 0 saturated heterocycles. The molecule has 3 aromatic rings. The van der Waals surface area contributed by atoms with Gasteiger partial charge in [0, 0.05) is 42.0 Å². The van der Waals surface area contributed by atoms with Gasteiger partial charge in [0.1, 0.15) is 17.4 Å². The second-order valence-electron chi connectivity index (χ2n) is 8.27. The molecule has 1 aliphatic carbocycles. The van der Waals surface area contributed by atoms with Crippen molar-refractivity contribution >= 4 is 11.6 Å². The van der Waals surface area contributed by atoms with Gasteiger partial charge in [-0.1, -0.05) is 30.9 Å². The van der Waals surface area contributed by atoms with E-state index in [2.05, 4.69) is 18.1 Å². The fraction of sp³-hybridized carbons (Fsp3) is 0.400. The van der Waals surface area contributed by atoms with Gasteiger partial charge < -0.3 is 9.64 Å². The maximum Gasteiger partial charge on any atom is 0.148 e. The minimum atomic E-state index is -0.334. The van der Waals surface area contributed by atoms with Crippen LogP contribution in [0.4, 0.5) is 4.39 Å². The van der Waals surface area contributed by atoms with Crippen molar-refractivity contribution in [2.45, 2.75) is 44.6 Å². The lowest BCUT2D eigenvalue weighted by atomic mass is 9.94. The summed E-state index contributed by atoms with van der Waals surface area (Å²) in [6.45, 7) is 0.961. The van der Waals surface area contributed by atoms with E-state index in [1.807, 2.05) is 28.8 Å². The summed E-state index contributed by atoms with van der Waals surface area (Å²) in [7, 11) is 3.77. The largest absolute Gasteiger partial charge is 0.496 e. The molecule has 0 radical (unpaired) electrons. The SMILES string of the molecule is COc1cc(F)ccc1-c1nc(CCN(C)C2CCCCC2)cn1-c1ccc(Cl)cc1. The Morgan fingerprint density at radius 3 is 2.58 bits per heavy atom. The number of likely N-dealkylation sites (N-methyl/N-ethyl adjacent to an activating group) is 1. The number of halogens is 2. The van der Waals surface area contributed by atoms with E-state index in [1.54, 1.807) is 13.2 Å². The van der Waals surface area contributed by atoms with E-state index >= 15 is 0 Å². The normalized spacial score (nSPS) is 14.9. The highest BCUT2D eigenvalue weighted by molar-refractivity contribution is 6.30. The van der Waals surface area contributed by atoms with Crippen LogP contribution in [0.15, 0.2) is 48.7 Å². The Bertz CT molecular complexity index is 1010. The van der Waals surface area contributed by atoms with Gasteiger partial charge in [0.25, 0.3) is 0 Å². The Hall–Kier alpha value is -2.37. The van der Waals surface area contributed by atoms with Crippen LogP contribution in [-0.2, 0) is 6.42 Å². The van der Waals surface area contributed by atoms with Gasteiger partial charge in [-0.2, -0.15) is 0 Å². The third-order valence-electron chi connectivity index (χ3n) is 6.18. The second-order valence-corrected chi connectivity index (χ2v) is 8.71. The molecule has 1 aromatic heterocycles. The topological polar surface area (TPSA) is 30.3 Å². The highest BCUT2D eigenvalue weighted by atomic mass is 35.5. The molecule has 0 amide bonds. The summed E-state index contributed by atoms with van der Waals surface area (Å²) < 4.78 is 21.3. The molecule has 0 unspecified atom stereocenters. The van der Waals surface area contributed by atoms with Crippen LogP contribution in [0.2, 0.25) is 5.02 Å². The zero-order valence-electron chi connectivity index (χ0n) is 18.2. The first kappa shape index (κ1) is 21.8. The lowest BCUT2D eigenvalue weighted by Gasteiger charge is -2.30. The van der Waals surface area contributed by atoms with Gasteiger partial charge in [0.15, 0.2) is 0 Å². The molecule has 1 fully saturated rings. The summed E-state index contributed by atoms with van der Waals surface area (Å²) in [5, 5.41) is 0.680. The Kier molecular flexibility index (Phi) is 6.93. The minimum Gasteiger partial charge on any atom is -0.496 e. The predicted molar refractivity (Wildman–Crippen MR) is 124 cm³/mol. The first-order valence-electron chi connectivity index (χ1n) is 10.9. The average Bonchev–Trinajstić information content (AvgIpc) is 3.22. The van der Waals surface area contributed by atoms with Crippen LogP contribution in [0.1, 0.15) is 37.8 Å². The van der Waals surface area contributed by atoms with Crippen LogP contribution in [0, 0.1) is 5.82 Å². The standard InChI is InChI=1S/C25H29ClFN3O/c1-29(21-6-4-3-5-7-21)15-14-20-17-30(22-11-8-18(26)9-12-22)25(28-20)23-13-10-19(27)16-24(23)31-2/h8-13,16-17,21H,3-7,14-15H2,1-2H3. The molecule has 6 heteroatoms.